The summed E-state index contributed by atoms with van der Waals surface area (Å²) in [4.78, 5) is 14.5. The van der Waals surface area contributed by atoms with E-state index >= 15 is 0 Å². The molecular formula is C23H43IN6O. The van der Waals surface area contributed by atoms with Crippen molar-refractivity contribution in [1.82, 2.24) is 25.4 Å². The molecule has 1 aromatic rings. The third kappa shape index (κ3) is 7.60. The summed E-state index contributed by atoms with van der Waals surface area (Å²) in [7, 11) is 0. The number of halogens is 1. The molecule has 8 heteroatoms. The van der Waals surface area contributed by atoms with Crippen LogP contribution in [0.4, 0.5) is 0 Å². The van der Waals surface area contributed by atoms with E-state index in [0.29, 0.717) is 23.9 Å². The van der Waals surface area contributed by atoms with Crippen LogP contribution in [-0.2, 0) is 6.54 Å². The van der Waals surface area contributed by atoms with Crippen molar-refractivity contribution in [3.8, 4) is 0 Å². The Morgan fingerprint density at radius 2 is 1.94 bits per heavy atom. The number of rotatable bonds is 7. The van der Waals surface area contributed by atoms with Crippen LogP contribution in [0.2, 0.25) is 0 Å². The summed E-state index contributed by atoms with van der Waals surface area (Å²) in [6.45, 7) is 20.1. The van der Waals surface area contributed by atoms with Gasteiger partial charge in [-0.05, 0) is 72.4 Å². The third-order valence-electron chi connectivity index (χ3n) is 6.68. The first kappa shape index (κ1) is 26.4. The molecule has 7 nitrogen and oxygen atoms in total. The maximum atomic E-state index is 5.75. The van der Waals surface area contributed by atoms with Crippen molar-refractivity contribution < 1.29 is 4.42 Å². The lowest BCUT2D eigenvalue weighted by molar-refractivity contribution is 0.166. The molecule has 2 aliphatic rings. The Balaban J connectivity index is 0.00000341. The number of hydrogen-bond donors (Lipinski definition) is 2. The highest BCUT2D eigenvalue weighted by Crippen LogP contribution is 2.21. The summed E-state index contributed by atoms with van der Waals surface area (Å²) >= 11 is 0. The van der Waals surface area contributed by atoms with E-state index in [4.69, 9.17) is 9.41 Å². The smallest absolute Gasteiger partial charge is 0.208 e. The maximum absolute atomic E-state index is 5.75. The van der Waals surface area contributed by atoms with Gasteiger partial charge in [-0.25, -0.2) is 4.98 Å². The van der Waals surface area contributed by atoms with Crippen LogP contribution in [0.15, 0.2) is 9.41 Å². The van der Waals surface area contributed by atoms with Gasteiger partial charge in [0.25, 0.3) is 0 Å². The average molecular weight is 547 g/mol. The van der Waals surface area contributed by atoms with Crippen LogP contribution in [0.1, 0.15) is 57.9 Å². The highest BCUT2D eigenvalue weighted by molar-refractivity contribution is 14.0. The standard InChI is InChI=1S/C23H42N6O.HI/c1-7-24-23(27-21-14-29(16(2)3)13-17(21)4)25-12-20-8-10-28(11-9-20)15-22-26-18(5)19(6)30-22;/h16-17,20-21H,7-15H2,1-6H3,(H2,24,25,27);1H. The molecule has 0 aliphatic carbocycles. The second-order valence-electron chi connectivity index (χ2n) is 9.46. The number of hydrogen-bond acceptors (Lipinski definition) is 5. The van der Waals surface area contributed by atoms with Crippen LogP contribution in [0.25, 0.3) is 0 Å². The van der Waals surface area contributed by atoms with Gasteiger partial charge >= 0.3 is 0 Å². The molecule has 3 rings (SSSR count). The first-order valence-electron chi connectivity index (χ1n) is 11.8. The van der Waals surface area contributed by atoms with Crippen LogP contribution < -0.4 is 10.6 Å². The first-order chi connectivity index (χ1) is 14.4. The molecule has 2 fully saturated rings. The summed E-state index contributed by atoms with van der Waals surface area (Å²) in [5, 5.41) is 7.16. The van der Waals surface area contributed by atoms with Crippen molar-refractivity contribution in [3.63, 3.8) is 0 Å². The topological polar surface area (TPSA) is 68.9 Å². The molecule has 3 heterocycles. The van der Waals surface area contributed by atoms with Gasteiger partial charge in [-0.3, -0.25) is 14.8 Å². The number of aryl methyl sites for hydroxylation is 2. The SMILES string of the molecule is CCNC(=NCC1CCN(Cc2nc(C)c(C)o2)CC1)NC1CN(C(C)C)CC1C.I. The number of aliphatic imine (C=N–C) groups is 1. The van der Waals surface area contributed by atoms with E-state index in [0.717, 1.165) is 69.1 Å². The molecule has 0 spiro atoms. The Morgan fingerprint density at radius 3 is 2.48 bits per heavy atom. The quantitative estimate of drug-likeness (QED) is 0.311. The second-order valence-corrected chi connectivity index (χ2v) is 9.46. The van der Waals surface area contributed by atoms with E-state index in [9.17, 15) is 0 Å². The Morgan fingerprint density at radius 1 is 1.23 bits per heavy atom. The number of aromatic nitrogens is 1. The Hall–Kier alpha value is -0.870. The van der Waals surface area contributed by atoms with Gasteiger partial charge in [-0.1, -0.05) is 6.92 Å². The van der Waals surface area contributed by atoms with E-state index in [2.05, 4.69) is 53.1 Å². The highest BCUT2D eigenvalue weighted by Gasteiger charge is 2.31. The molecule has 2 atom stereocenters. The molecule has 1 aromatic heterocycles. The van der Waals surface area contributed by atoms with E-state index < -0.39 is 0 Å². The van der Waals surface area contributed by atoms with E-state index in [1.54, 1.807) is 0 Å². The number of likely N-dealkylation sites (tertiary alicyclic amines) is 2. The zero-order valence-corrected chi connectivity index (χ0v) is 22.6. The second kappa shape index (κ2) is 12.4. The Bertz CT molecular complexity index is 679. The minimum absolute atomic E-state index is 0. The lowest BCUT2D eigenvalue weighted by Crippen LogP contribution is -2.47. The van der Waals surface area contributed by atoms with Crippen LogP contribution in [0, 0.1) is 25.7 Å². The fraction of sp³-hybridized carbons (Fsp3) is 0.826. The molecule has 0 radical (unpaired) electrons. The normalized spacial score (nSPS) is 23.9. The molecule has 178 valence electrons. The summed E-state index contributed by atoms with van der Waals surface area (Å²) < 4.78 is 5.75. The van der Waals surface area contributed by atoms with Gasteiger partial charge in [0.1, 0.15) is 5.76 Å². The van der Waals surface area contributed by atoms with Crippen molar-refractivity contribution in [2.45, 2.75) is 73.0 Å². The predicted molar refractivity (Wildman–Crippen MR) is 138 cm³/mol. The fourth-order valence-electron chi connectivity index (χ4n) is 4.46. The van der Waals surface area contributed by atoms with Crippen LogP contribution in [0.5, 0.6) is 0 Å². The van der Waals surface area contributed by atoms with Crippen molar-refractivity contribution in [2.24, 2.45) is 16.8 Å². The molecule has 0 amide bonds. The van der Waals surface area contributed by atoms with Gasteiger partial charge in [-0.15, -0.1) is 24.0 Å². The predicted octanol–water partition coefficient (Wildman–Crippen LogP) is 3.41. The zero-order chi connectivity index (χ0) is 21.7. The van der Waals surface area contributed by atoms with Gasteiger partial charge in [0.15, 0.2) is 5.96 Å². The molecule has 31 heavy (non-hydrogen) atoms. The van der Waals surface area contributed by atoms with Crippen LogP contribution >= 0.6 is 24.0 Å². The van der Waals surface area contributed by atoms with Crippen molar-refractivity contribution >= 4 is 29.9 Å². The molecule has 2 N–H and O–H groups in total. The molecule has 2 saturated heterocycles. The van der Waals surface area contributed by atoms with Gasteiger partial charge < -0.3 is 15.1 Å². The molecule has 0 aromatic carbocycles. The molecule has 0 saturated carbocycles. The van der Waals surface area contributed by atoms with Gasteiger partial charge in [0, 0.05) is 38.3 Å². The Kier molecular flexibility index (Phi) is 10.5. The molecule has 0 bridgehead atoms. The minimum Gasteiger partial charge on any atom is -0.444 e. The fourth-order valence-corrected chi connectivity index (χ4v) is 4.46. The lowest BCUT2D eigenvalue weighted by Gasteiger charge is -2.30. The number of piperidine rings is 1. The number of oxazole rings is 1. The zero-order valence-electron chi connectivity index (χ0n) is 20.3. The van der Waals surface area contributed by atoms with Crippen LogP contribution in [0.3, 0.4) is 0 Å². The Labute approximate surface area is 205 Å². The highest BCUT2D eigenvalue weighted by atomic mass is 127. The third-order valence-corrected chi connectivity index (χ3v) is 6.68. The summed E-state index contributed by atoms with van der Waals surface area (Å²) in [5.41, 5.74) is 1.01. The number of nitrogens with one attached hydrogen (secondary N) is 2. The summed E-state index contributed by atoms with van der Waals surface area (Å²) in [5.74, 6) is 4.06. The van der Waals surface area contributed by atoms with Gasteiger partial charge in [0.2, 0.25) is 5.89 Å². The lowest BCUT2D eigenvalue weighted by atomic mass is 9.97. The van der Waals surface area contributed by atoms with E-state index in [1.165, 1.54) is 12.8 Å². The number of nitrogens with zero attached hydrogens (tertiary/aromatic N) is 4. The largest absolute Gasteiger partial charge is 0.444 e. The maximum Gasteiger partial charge on any atom is 0.208 e. The van der Waals surface area contributed by atoms with E-state index in [1.807, 2.05) is 13.8 Å². The monoisotopic (exact) mass is 546 g/mol. The van der Waals surface area contributed by atoms with Crippen molar-refractivity contribution in [1.29, 1.82) is 0 Å². The van der Waals surface area contributed by atoms with Crippen molar-refractivity contribution in [3.05, 3.63) is 17.3 Å². The molecule has 2 unspecified atom stereocenters. The van der Waals surface area contributed by atoms with Crippen molar-refractivity contribution in [2.75, 3.05) is 39.3 Å². The van der Waals surface area contributed by atoms with Gasteiger partial charge in [0.05, 0.1) is 12.2 Å². The number of guanidine groups is 1. The molecular weight excluding hydrogens is 503 g/mol. The van der Waals surface area contributed by atoms with E-state index in [-0.39, 0.29) is 24.0 Å². The summed E-state index contributed by atoms with van der Waals surface area (Å²) in [6.07, 6.45) is 2.37. The minimum atomic E-state index is 0. The van der Waals surface area contributed by atoms with Crippen LogP contribution in [-0.4, -0.2) is 72.1 Å². The first-order valence-corrected chi connectivity index (χ1v) is 11.8. The molecule has 2 aliphatic heterocycles. The average Bonchev–Trinajstić information content (AvgIpc) is 3.23. The van der Waals surface area contributed by atoms with Gasteiger partial charge in [-0.2, -0.15) is 0 Å². The summed E-state index contributed by atoms with van der Waals surface area (Å²) in [6, 6.07) is 1.08.